The third-order valence-electron chi connectivity index (χ3n) is 2.99. The SMILES string of the molecule is CC(C)CCN[C@H](C)c1ccc(OC(C)C)c(F)c1. The van der Waals surface area contributed by atoms with Crippen LogP contribution in [0.2, 0.25) is 0 Å². The highest BCUT2D eigenvalue weighted by molar-refractivity contribution is 5.31. The molecule has 1 rings (SSSR count). The summed E-state index contributed by atoms with van der Waals surface area (Å²) < 4.78 is 19.3. The summed E-state index contributed by atoms with van der Waals surface area (Å²) in [5.41, 5.74) is 0.956. The molecule has 3 heteroatoms. The van der Waals surface area contributed by atoms with E-state index in [1.807, 2.05) is 19.9 Å². The molecule has 2 nitrogen and oxygen atoms in total. The fraction of sp³-hybridized carbons (Fsp3) is 0.625. The Balaban J connectivity index is 2.61. The summed E-state index contributed by atoms with van der Waals surface area (Å²) in [7, 11) is 0. The van der Waals surface area contributed by atoms with E-state index in [1.165, 1.54) is 0 Å². The lowest BCUT2D eigenvalue weighted by Gasteiger charge is -2.17. The molecule has 0 aliphatic heterocycles. The van der Waals surface area contributed by atoms with E-state index in [1.54, 1.807) is 12.1 Å². The molecule has 19 heavy (non-hydrogen) atoms. The van der Waals surface area contributed by atoms with Crippen molar-refractivity contribution < 1.29 is 9.13 Å². The van der Waals surface area contributed by atoms with Crippen molar-refractivity contribution in [3.8, 4) is 5.75 Å². The lowest BCUT2D eigenvalue weighted by molar-refractivity contribution is 0.231. The molecule has 0 spiro atoms. The minimum atomic E-state index is -0.288. The monoisotopic (exact) mass is 267 g/mol. The van der Waals surface area contributed by atoms with E-state index < -0.39 is 0 Å². The molecule has 0 saturated heterocycles. The van der Waals surface area contributed by atoms with Gasteiger partial charge in [-0.3, -0.25) is 0 Å². The number of rotatable bonds is 7. The molecule has 0 amide bonds. The maximum Gasteiger partial charge on any atom is 0.165 e. The number of ether oxygens (including phenoxy) is 1. The molecule has 1 N–H and O–H groups in total. The Hall–Kier alpha value is -1.09. The third kappa shape index (κ3) is 5.60. The molecule has 108 valence electrons. The van der Waals surface area contributed by atoms with Gasteiger partial charge in [-0.1, -0.05) is 19.9 Å². The third-order valence-corrected chi connectivity index (χ3v) is 2.99. The van der Waals surface area contributed by atoms with Crippen LogP contribution in [0.3, 0.4) is 0 Å². The summed E-state index contributed by atoms with van der Waals surface area (Å²) in [6.45, 7) is 11.2. The second-order valence-corrected chi connectivity index (χ2v) is 5.71. The molecule has 1 aromatic rings. The number of hydrogen-bond acceptors (Lipinski definition) is 2. The molecule has 0 aromatic heterocycles. The van der Waals surface area contributed by atoms with Gasteiger partial charge in [0.1, 0.15) is 0 Å². The van der Waals surface area contributed by atoms with Crippen molar-refractivity contribution in [2.75, 3.05) is 6.54 Å². The summed E-state index contributed by atoms with van der Waals surface area (Å²) in [5, 5.41) is 3.41. The first-order valence-corrected chi connectivity index (χ1v) is 7.09. The van der Waals surface area contributed by atoms with Gasteiger partial charge < -0.3 is 10.1 Å². The standard InChI is InChI=1S/C16H26FNO/c1-11(2)8-9-18-13(5)14-6-7-16(15(17)10-14)19-12(3)4/h6-7,10-13,18H,8-9H2,1-5H3/t13-/m1/s1. The van der Waals surface area contributed by atoms with Gasteiger partial charge in [0, 0.05) is 6.04 Å². The quantitative estimate of drug-likeness (QED) is 0.795. The van der Waals surface area contributed by atoms with Gasteiger partial charge in [0.2, 0.25) is 0 Å². The predicted octanol–water partition coefficient (Wildman–Crippen LogP) is 4.31. The second kappa shape index (κ2) is 7.49. The number of halogens is 1. The van der Waals surface area contributed by atoms with Crippen LogP contribution in [0.4, 0.5) is 4.39 Å². The fourth-order valence-electron chi connectivity index (χ4n) is 1.84. The van der Waals surface area contributed by atoms with Gasteiger partial charge in [0.25, 0.3) is 0 Å². The minimum Gasteiger partial charge on any atom is -0.488 e. The summed E-state index contributed by atoms with van der Waals surface area (Å²) in [5.74, 6) is 0.718. The number of hydrogen-bond donors (Lipinski definition) is 1. The second-order valence-electron chi connectivity index (χ2n) is 5.71. The van der Waals surface area contributed by atoms with Crippen LogP contribution in [0.15, 0.2) is 18.2 Å². The molecule has 0 bridgehead atoms. The number of nitrogens with one attached hydrogen (secondary N) is 1. The minimum absolute atomic E-state index is 0.0121. The van der Waals surface area contributed by atoms with Crippen LogP contribution in [0.5, 0.6) is 5.75 Å². The zero-order valence-electron chi connectivity index (χ0n) is 12.7. The van der Waals surface area contributed by atoms with Crippen molar-refractivity contribution in [2.45, 2.75) is 53.2 Å². The van der Waals surface area contributed by atoms with Gasteiger partial charge in [-0.25, -0.2) is 4.39 Å². The van der Waals surface area contributed by atoms with Gasteiger partial charge in [-0.05, 0) is 57.4 Å². The Morgan fingerprint density at radius 3 is 2.37 bits per heavy atom. The van der Waals surface area contributed by atoms with Crippen LogP contribution in [-0.2, 0) is 0 Å². The lowest BCUT2D eigenvalue weighted by Crippen LogP contribution is -2.21. The van der Waals surface area contributed by atoms with Crippen LogP contribution in [0.1, 0.15) is 52.6 Å². The highest BCUT2D eigenvalue weighted by Gasteiger charge is 2.10. The summed E-state index contributed by atoms with van der Waals surface area (Å²) >= 11 is 0. The van der Waals surface area contributed by atoms with E-state index in [2.05, 4.69) is 26.1 Å². The molecule has 0 aliphatic rings. The first-order chi connectivity index (χ1) is 8.90. The molecule has 0 heterocycles. The van der Waals surface area contributed by atoms with Crippen molar-refractivity contribution in [1.29, 1.82) is 0 Å². The fourth-order valence-corrected chi connectivity index (χ4v) is 1.84. The largest absolute Gasteiger partial charge is 0.488 e. The van der Waals surface area contributed by atoms with Crippen molar-refractivity contribution in [3.63, 3.8) is 0 Å². The van der Waals surface area contributed by atoms with Gasteiger partial charge in [-0.2, -0.15) is 0 Å². The smallest absolute Gasteiger partial charge is 0.165 e. The van der Waals surface area contributed by atoms with Crippen molar-refractivity contribution in [3.05, 3.63) is 29.6 Å². The summed E-state index contributed by atoms with van der Waals surface area (Å²) in [6.07, 6.45) is 1.11. The maximum absolute atomic E-state index is 13.9. The van der Waals surface area contributed by atoms with Crippen LogP contribution in [0.25, 0.3) is 0 Å². The molecule has 0 fully saturated rings. The Morgan fingerprint density at radius 1 is 1.16 bits per heavy atom. The zero-order chi connectivity index (χ0) is 14.4. The first kappa shape index (κ1) is 16.0. The Labute approximate surface area is 116 Å². The van der Waals surface area contributed by atoms with E-state index in [0.29, 0.717) is 11.7 Å². The van der Waals surface area contributed by atoms with Gasteiger partial charge >= 0.3 is 0 Å². The predicted molar refractivity (Wildman–Crippen MR) is 78.0 cm³/mol. The molecular weight excluding hydrogens is 241 g/mol. The van der Waals surface area contributed by atoms with E-state index in [9.17, 15) is 4.39 Å². The molecule has 0 saturated carbocycles. The normalized spacial score (nSPS) is 13.1. The Bertz CT molecular complexity index is 390. The van der Waals surface area contributed by atoms with Gasteiger partial charge in [0.05, 0.1) is 6.10 Å². The van der Waals surface area contributed by atoms with E-state index in [0.717, 1.165) is 18.5 Å². The first-order valence-electron chi connectivity index (χ1n) is 7.09. The van der Waals surface area contributed by atoms with E-state index >= 15 is 0 Å². The number of benzene rings is 1. The van der Waals surface area contributed by atoms with Crippen molar-refractivity contribution in [1.82, 2.24) is 5.32 Å². The summed E-state index contributed by atoms with van der Waals surface area (Å²) in [4.78, 5) is 0. The topological polar surface area (TPSA) is 21.3 Å². The van der Waals surface area contributed by atoms with Crippen molar-refractivity contribution in [2.24, 2.45) is 5.92 Å². The van der Waals surface area contributed by atoms with Crippen LogP contribution in [0, 0.1) is 11.7 Å². The molecule has 0 unspecified atom stereocenters. The highest BCUT2D eigenvalue weighted by atomic mass is 19.1. The van der Waals surface area contributed by atoms with Crippen LogP contribution in [-0.4, -0.2) is 12.6 Å². The average molecular weight is 267 g/mol. The summed E-state index contributed by atoms with van der Waals surface area (Å²) in [6, 6.07) is 5.35. The lowest BCUT2D eigenvalue weighted by atomic mass is 10.1. The van der Waals surface area contributed by atoms with Gasteiger partial charge in [0.15, 0.2) is 11.6 Å². The molecule has 0 aliphatic carbocycles. The Morgan fingerprint density at radius 2 is 1.84 bits per heavy atom. The highest BCUT2D eigenvalue weighted by Crippen LogP contribution is 2.23. The van der Waals surface area contributed by atoms with E-state index in [4.69, 9.17) is 4.74 Å². The zero-order valence-corrected chi connectivity index (χ0v) is 12.7. The van der Waals surface area contributed by atoms with Gasteiger partial charge in [-0.15, -0.1) is 0 Å². The van der Waals surface area contributed by atoms with Crippen molar-refractivity contribution >= 4 is 0 Å². The van der Waals surface area contributed by atoms with Crippen LogP contribution < -0.4 is 10.1 Å². The average Bonchev–Trinajstić information content (AvgIpc) is 2.30. The molecular formula is C16H26FNO. The molecule has 0 radical (unpaired) electrons. The molecule has 1 atom stereocenters. The maximum atomic E-state index is 13.9. The molecule has 1 aromatic carbocycles. The van der Waals surface area contributed by atoms with Crippen LogP contribution >= 0.6 is 0 Å². The van der Waals surface area contributed by atoms with E-state index in [-0.39, 0.29) is 18.0 Å². The Kier molecular flexibility index (Phi) is 6.29.